The fourth-order valence-electron chi connectivity index (χ4n) is 1.37. The third kappa shape index (κ3) is 9.44. The molecule has 20 heavy (non-hydrogen) atoms. The lowest BCUT2D eigenvalue weighted by Crippen LogP contribution is -2.17. The van der Waals surface area contributed by atoms with E-state index in [2.05, 4.69) is 17.6 Å². The largest absolute Gasteiger partial charge is 0.358 e. The van der Waals surface area contributed by atoms with Crippen molar-refractivity contribution in [1.29, 1.82) is 0 Å². The van der Waals surface area contributed by atoms with Gasteiger partial charge in [-0.2, -0.15) is 11.8 Å². The molecule has 2 amide bonds. The summed E-state index contributed by atoms with van der Waals surface area (Å²) in [6.45, 7) is 4.92. The quantitative estimate of drug-likeness (QED) is 0.599. The van der Waals surface area contributed by atoms with Crippen molar-refractivity contribution in [2.24, 2.45) is 0 Å². The number of benzene rings is 1. The molecule has 112 valence electrons. The van der Waals surface area contributed by atoms with Crippen molar-refractivity contribution in [2.45, 2.75) is 20.3 Å². The molecule has 0 saturated carbocycles. The van der Waals surface area contributed by atoms with E-state index >= 15 is 0 Å². The monoisotopic (exact) mass is 296 g/mol. The zero-order valence-electron chi connectivity index (χ0n) is 12.4. The molecule has 4 nitrogen and oxygen atoms in total. The van der Waals surface area contributed by atoms with Crippen molar-refractivity contribution in [3.05, 3.63) is 35.4 Å². The van der Waals surface area contributed by atoms with Crippen molar-refractivity contribution >= 4 is 24.1 Å². The highest BCUT2D eigenvalue weighted by atomic mass is 32.2. The number of hydrogen-bond acceptors (Lipinski definition) is 3. The molecule has 0 radical (unpaired) electrons. The second-order valence-electron chi connectivity index (χ2n) is 4.13. The van der Waals surface area contributed by atoms with Gasteiger partial charge >= 0.3 is 0 Å². The first-order chi connectivity index (χ1) is 9.65. The van der Waals surface area contributed by atoms with E-state index in [1.807, 2.05) is 36.9 Å². The number of carbonyl (C=O) groups is 2. The Labute approximate surface area is 125 Å². The van der Waals surface area contributed by atoms with E-state index in [0.29, 0.717) is 5.56 Å². The first-order valence-corrected chi connectivity index (χ1v) is 7.84. The van der Waals surface area contributed by atoms with Gasteiger partial charge in [-0.15, -0.1) is 0 Å². The summed E-state index contributed by atoms with van der Waals surface area (Å²) in [6, 6.07) is 7.50. The average Bonchev–Trinajstić information content (AvgIpc) is 2.47. The Morgan fingerprint density at radius 3 is 2.65 bits per heavy atom. The fraction of sp³-hybridized carbons (Fsp3) is 0.467. The predicted octanol–water partition coefficient (Wildman–Crippen LogP) is 2.23. The van der Waals surface area contributed by atoms with Crippen LogP contribution in [0, 0.1) is 6.92 Å². The van der Waals surface area contributed by atoms with Crippen molar-refractivity contribution in [1.82, 2.24) is 10.6 Å². The highest BCUT2D eigenvalue weighted by molar-refractivity contribution is 7.99. The van der Waals surface area contributed by atoms with Gasteiger partial charge in [-0.3, -0.25) is 9.59 Å². The molecule has 1 rings (SSSR count). The van der Waals surface area contributed by atoms with E-state index in [-0.39, 0.29) is 5.91 Å². The summed E-state index contributed by atoms with van der Waals surface area (Å²) < 4.78 is 0. The number of amides is 2. The van der Waals surface area contributed by atoms with Crippen molar-refractivity contribution in [3.8, 4) is 0 Å². The van der Waals surface area contributed by atoms with Gasteiger partial charge in [0.15, 0.2) is 0 Å². The zero-order valence-corrected chi connectivity index (χ0v) is 13.3. The average molecular weight is 296 g/mol. The number of rotatable bonds is 7. The Bertz CT molecular complexity index is 397. The van der Waals surface area contributed by atoms with Gasteiger partial charge in [0, 0.05) is 24.9 Å². The molecule has 0 saturated heterocycles. The van der Waals surface area contributed by atoms with Gasteiger partial charge in [-0.25, -0.2) is 0 Å². The maximum absolute atomic E-state index is 11.1. The van der Waals surface area contributed by atoms with Crippen LogP contribution in [0.4, 0.5) is 0 Å². The highest BCUT2D eigenvalue weighted by Gasteiger charge is 2.00. The van der Waals surface area contributed by atoms with Crippen LogP contribution < -0.4 is 10.6 Å². The molecule has 0 unspecified atom stereocenters. The predicted molar refractivity (Wildman–Crippen MR) is 86.3 cm³/mol. The molecule has 0 spiro atoms. The van der Waals surface area contributed by atoms with Gasteiger partial charge in [0.2, 0.25) is 6.41 Å². The summed E-state index contributed by atoms with van der Waals surface area (Å²) in [5, 5.41) is 5.18. The molecular weight excluding hydrogens is 272 g/mol. The minimum atomic E-state index is -0.0336. The Kier molecular flexibility index (Phi) is 11.6. The normalized spacial score (nSPS) is 9.15. The standard InChI is InChI=1S/C9H11NO.C6H13NOS/c1-7-4-3-5-8(6-7)9(11)10-2;1-2-4-9-5-3-7-6-8/h3-6H,1-2H3,(H,10,11);6H,2-5H2,1H3,(H,7,8). The van der Waals surface area contributed by atoms with Crippen LogP contribution in [0.25, 0.3) is 0 Å². The number of nitrogens with one attached hydrogen (secondary N) is 2. The molecule has 0 fully saturated rings. The summed E-state index contributed by atoms with van der Waals surface area (Å²) in [7, 11) is 1.63. The highest BCUT2D eigenvalue weighted by Crippen LogP contribution is 2.02. The smallest absolute Gasteiger partial charge is 0.251 e. The molecule has 0 atom stereocenters. The van der Waals surface area contributed by atoms with Gasteiger partial charge in [0.25, 0.3) is 5.91 Å². The molecule has 0 aliphatic rings. The lowest BCUT2D eigenvalue weighted by atomic mass is 10.1. The Balaban J connectivity index is 0.000000370. The van der Waals surface area contributed by atoms with E-state index in [9.17, 15) is 9.59 Å². The molecule has 0 bridgehead atoms. The topological polar surface area (TPSA) is 58.2 Å². The van der Waals surface area contributed by atoms with Crippen LogP contribution in [-0.2, 0) is 4.79 Å². The summed E-state index contributed by atoms with van der Waals surface area (Å²) in [5.74, 6) is 2.20. The molecule has 0 aliphatic carbocycles. The van der Waals surface area contributed by atoms with Crippen LogP contribution in [0.2, 0.25) is 0 Å². The van der Waals surface area contributed by atoms with Crippen LogP contribution >= 0.6 is 11.8 Å². The first kappa shape index (κ1) is 18.5. The third-order valence-corrected chi connectivity index (χ3v) is 3.52. The zero-order chi connectivity index (χ0) is 15.2. The molecule has 2 N–H and O–H groups in total. The summed E-state index contributed by atoms with van der Waals surface area (Å²) in [5.41, 5.74) is 1.82. The van der Waals surface area contributed by atoms with Crippen molar-refractivity contribution in [2.75, 3.05) is 25.1 Å². The lowest BCUT2D eigenvalue weighted by Gasteiger charge is -1.99. The van der Waals surface area contributed by atoms with Gasteiger partial charge in [0.1, 0.15) is 0 Å². The van der Waals surface area contributed by atoms with Gasteiger partial charge in [0.05, 0.1) is 0 Å². The second kappa shape index (κ2) is 12.5. The molecule has 0 aliphatic heterocycles. The van der Waals surface area contributed by atoms with E-state index in [0.717, 1.165) is 24.3 Å². The molecule has 0 aromatic heterocycles. The van der Waals surface area contributed by atoms with Gasteiger partial charge < -0.3 is 10.6 Å². The maximum Gasteiger partial charge on any atom is 0.251 e. The minimum Gasteiger partial charge on any atom is -0.358 e. The van der Waals surface area contributed by atoms with Crippen LogP contribution in [0.1, 0.15) is 29.3 Å². The van der Waals surface area contributed by atoms with Gasteiger partial charge in [-0.1, -0.05) is 24.6 Å². The number of hydrogen-bond donors (Lipinski definition) is 2. The number of carbonyl (C=O) groups excluding carboxylic acids is 2. The molecule has 1 aromatic rings. The summed E-state index contributed by atoms with van der Waals surface area (Å²) in [6.07, 6.45) is 1.96. The Hall–Kier alpha value is -1.49. The molecule has 1 aromatic carbocycles. The van der Waals surface area contributed by atoms with E-state index < -0.39 is 0 Å². The van der Waals surface area contributed by atoms with Crippen LogP contribution in [0.3, 0.4) is 0 Å². The SMILES string of the molecule is CCCSCCNC=O.CNC(=O)c1cccc(C)c1. The van der Waals surface area contributed by atoms with Crippen molar-refractivity contribution < 1.29 is 9.59 Å². The Morgan fingerprint density at radius 2 is 2.10 bits per heavy atom. The minimum absolute atomic E-state index is 0.0336. The molecule has 0 heterocycles. The van der Waals surface area contributed by atoms with Crippen LogP contribution in [0.5, 0.6) is 0 Å². The number of thioether (sulfide) groups is 1. The Morgan fingerprint density at radius 1 is 1.35 bits per heavy atom. The first-order valence-electron chi connectivity index (χ1n) is 6.69. The molecular formula is C15H24N2O2S. The fourth-order valence-corrected chi connectivity index (χ4v) is 2.12. The van der Waals surface area contributed by atoms with E-state index in [1.54, 1.807) is 13.1 Å². The summed E-state index contributed by atoms with van der Waals surface area (Å²) in [4.78, 5) is 20.8. The van der Waals surface area contributed by atoms with E-state index in [4.69, 9.17) is 0 Å². The third-order valence-electron chi connectivity index (χ3n) is 2.33. The summed E-state index contributed by atoms with van der Waals surface area (Å²) >= 11 is 1.87. The van der Waals surface area contributed by atoms with Crippen LogP contribution in [0.15, 0.2) is 24.3 Å². The second-order valence-corrected chi connectivity index (χ2v) is 5.36. The van der Waals surface area contributed by atoms with Crippen molar-refractivity contribution in [3.63, 3.8) is 0 Å². The number of aryl methyl sites for hydroxylation is 1. The van der Waals surface area contributed by atoms with E-state index in [1.165, 1.54) is 12.2 Å². The van der Waals surface area contributed by atoms with Crippen LogP contribution in [-0.4, -0.2) is 37.4 Å². The lowest BCUT2D eigenvalue weighted by molar-refractivity contribution is -0.109. The van der Waals surface area contributed by atoms with Gasteiger partial charge in [-0.05, 0) is 31.2 Å². The molecule has 5 heteroatoms. The maximum atomic E-state index is 11.1.